The van der Waals surface area contributed by atoms with Crippen LogP contribution in [0.5, 0.6) is 5.75 Å². The molecule has 0 amide bonds. The lowest BCUT2D eigenvalue weighted by atomic mass is 9.99. The second-order valence-electron chi connectivity index (χ2n) is 3.59. The number of rotatable bonds is 0. The van der Waals surface area contributed by atoms with Crippen LogP contribution in [-0.2, 0) is 6.18 Å². The minimum Gasteiger partial charge on any atom is -0.490 e. The maximum Gasteiger partial charge on any atom is 0.419 e. The Labute approximate surface area is 89.0 Å². The van der Waals surface area contributed by atoms with Gasteiger partial charge >= 0.3 is 6.18 Å². The van der Waals surface area contributed by atoms with E-state index in [0.29, 0.717) is 12.5 Å². The standard InChI is InChI=1S/C10H9F4NO/c11-8-6(10(12,13)14)2-1-5-7(15)3-4-16-9(5)8/h1-2,7H,3-4,15H2/t7-/m0/s1. The van der Waals surface area contributed by atoms with E-state index in [1.165, 1.54) is 6.07 Å². The first kappa shape index (κ1) is 11.2. The third-order valence-electron chi connectivity index (χ3n) is 2.51. The van der Waals surface area contributed by atoms with Gasteiger partial charge in [0.25, 0.3) is 0 Å². The van der Waals surface area contributed by atoms with E-state index in [9.17, 15) is 17.6 Å². The lowest BCUT2D eigenvalue weighted by Gasteiger charge is -2.24. The summed E-state index contributed by atoms with van der Waals surface area (Å²) in [6.45, 7) is 0.131. The summed E-state index contributed by atoms with van der Waals surface area (Å²) in [5, 5.41) is 0. The summed E-state index contributed by atoms with van der Waals surface area (Å²) in [7, 11) is 0. The molecule has 0 saturated carbocycles. The Bertz CT molecular complexity index is 416. The smallest absolute Gasteiger partial charge is 0.419 e. The van der Waals surface area contributed by atoms with Crippen LogP contribution in [-0.4, -0.2) is 6.61 Å². The second kappa shape index (κ2) is 3.62. The Kier molecular flexibility index (Phi) is 2.53. The molecule has 88 valence electrons. The molecule has 0 unspecified atom stereocenters. The van der Waals surface area contributed by atoms with E-state index in [2.05, 4.69) is 0 Å². The van der Waals surface area contributed by atoms with Crippen LogP contribution in [0, 0.1) is 5.82 Å². The number of fused-ring (bicyclic) bond motifs is 1. The monoisotopic (exact) mass is 235 g/mol. The average molecular weight is 235 g/mol. The van der Waals surface area contributed by atoms with Crippen molar-refractivity contribution >= 4 is 0 Å². The molecule has 1 atom stereocenters. The van der Waals surface area contributed by atoms with E-state index in [-0.39, 0.29) is 17.9 Å². The largest absolute Gasteiger partial charge is 0.490 e. The van der Waals surface area contributed by atoms with Crippen molar-refractivity contribution in [3.8, 4) is 5.75 Å². The molecule has 2 N–H and O–H groups in total. The minimum atomic E-state index is -4.72. The molecular formula is C10H9F4NO. The topological polar surface area (TPSA) is 35.2 Å². The van der Waals surface area contributed by atoms with Crippen molar-refractivity contribution < 1.29 is 22.3 Å². The van der Waals surface area contributed by atoms with Gasteiger partial charge in [0.2, 0.25) is 0 Å². The number of hydrogen-bond acceptors (Lipinski definition) is 2. The molecule has 1 aromatic rings. The van der Waals surface area contributed by atoms with Crippen LogP contribution in [0.1, 0.15) is 23.6 Å². The van der Waals surface area contributed by atoms with Crippen LogP contribution in [0.4, 0.5) is 17.6 Å². The fraction of sp³-hybridized carbons (Fsp3) is 0.400. The molecule has 0 aliphatic carbocycles. The first-order valence-corrected chi connectivity index (χ1v) is 4.69. The number of nitrogens with two attached hydrogens (primary N) is 1. The van der Waals surface area contributed by atoms with E-state index >= 15 is 0 Å². The van der Waals surface area contributed by atoms with E-state index in [4.69, 9.17) is 10.5 Å². The van der Waals surface area contributed by atoms with Crippen molar-refractivity contribution in [1.29, 1.82) is 0 Å². The van der Waals surface area contributed by atoms with Gasteiger partial charge in [0.1, 0.15) is 0 Å². The van der Waals surface area contributed by atoms with Gasteiger partial charge in [-0.05, 0) is 6.07 Å². The average Bonchev–Trinajstić information content (AvgIpc) is 2.18. The number of benzene rings is 1. The van der Waals surface area contributed by atoms with Crippen molar-refractivity contribution in [1.82, 2.24) is 0 Å². The zero-order valence-corrected chi connectivity index (χ0v) is 8.14. The van der Waals surface area contributed by atoms with Crippen LogP contribution in [0.3, 0.4) is 0 Å². The van der Waals surface area contributed by atoms with E-state index in [1.54, 1.807) is 0 Å². The lowest BCUT2D eigenvalue weighted by molar-refractivity contribution is -0.140. The summed E-state index contributed by atoms with van der Waals surface area (Å²) < 4.78 is 55.6. The molecule has 1 aromatic carbocycles. The lowest BCUT2D eigenvalue weighted by Crippen LogP contribution is -2.22. The van der Waals surface area contributed by atoms with Gasteiger partial charge in [-0.15, -0.1) is 0 Å². The molecule has 0 spiro atoms. The maximum absolute atomic E-state index is 13.5. The quantitative estimate of drug-likeness (QED) is 0.701. The Morgan fingerprint density at radius 2 is 2.00 bits per heavy atom. The van der Waals surface area contributed by atoms with E-state index < -0.39 is 23.6 Å². The molecule has 0 saturated heterocycles. The van der Waals surface area contributed by atoms with Crippen LogP contribution < -0.4 is 10.5 Å². The molecule has 1 aliphatic heterocycles. The Morgan fingerprint density at radius 3 is 2.62 bits per heavy atom. The first-order chi connectivity index (χ1) is 7.41. The van der Waals surface area contributed by atoms with Gasteiger partial charge in [0.05, 0.1) is 12.2 Å². The highest BCUT2D eigenvalue weighted by atomic mass is 19.4. The van der Waals surface area contributed by atoms with Crippen molar-refractivity contribution in [3.63, 3.8) is 0 Å². The third kappa shape index (κ3) is 1.73. The summed E-state index contributed by atoms with van der Waals surface area (Å²) in [5.74, 6) is -1.74. The highest BCUT2D eigenvalue weighted by molar-refractivity contribution is 5.43. The van der Waals surface area contributed by atoms with Crippen LogP contribution in [0.25, 0.3) is 0 Å². The van der Waals surface area contributed by atoms with Gasteiger partial charge in [-0.3, -0.25) is 0 Å². The van der Waals surface area contributed by atoms with Crippen molar-refractivity contribution in [2.75, 3.05) is 6.61 Å². The van der Waals surface area contributed by atoms with Gasteiger partial charge in [0.15, 0.2) is 11.6 Å². The van der Waals surface area contributed by atoms with E-state index in [1.807, 2.05) is 0 Å². The van der Waals surface area contributed by atoms with Crippen molar-refractivity contribution in [2.24, 2.45) is 5.73 Å². The number of ether oxygens (including phenoxy) is 1. The predicted molar refractivity (Wildman–Crippen MR) is 48.4 cm³/mol. The normalized spacial score (nSPS) is 20.2. The molecule has 6 heteroatoms. The van der Waals surface area contributed by atoms with Gasteiger partial charge in [-0.2, -0.15) is 13.2 Å². The summed E-state index contributed by atoms with van der Waals surface area (Å²) >= 11 is 0. The zero-order valence-electron chi connectivity index (χ0n) is 8.14. The molecule has 1 heterocycles. The molecular weight excluding hydrogens is 226 g/mol. The maximum atomic E-state index is 13.5. The molecule has 0 aromatic heterocycles. The summed E-state index contributed by atoms with van der Waals surface area (Å²) in [6, 6.07) is 1.40. The minimum absolute atomic E-state index is 0.131. The van der Waals surface area contributed by atoms with Crippen LogP contribution >= 0.6 is 0 Å². The van der Waals surface area contributed by atoms with Crippen LogP contribution in [0.15, 0.2) is 12.1 Å². The summed E-state index contributed by atoms with van der Waals surface area (Å²) in [6.07, 6.45) is -4.25. The van der Waals surface area contributed by atoms with Gasteiger partial charge in [-0.25, -0.2) is 4.39 Å². The fourth-order valence-electron chi connectivity index (χ4n) is 1.67. The number of hydrogen-bond donors (Lipinski definition) is 1. The molecule has 0 fully saturated rings. The molecule has 0 radical (unpaired) electrons. The molecule has 2 rings (SSSR count). The Morgan fingerprint density at radius 1 is 1.31 bits per heavy atom. The van der Waals surface area contributed by atoms with Gasteiger partial charge in [0, 0.05) is 18.0 Å². The highest BCUT2D eigenvalue weighted by Crippen LogP contribution is 2.40. The zero-order chi connectivity index (χ0) is 11.9. The Hall–Kier alpha value is -1.30. The molecule has 16 heavy (non-hydrogen) atoms. The number of alkyl halides is 3. The summed E-state index contributed by atoms with van der Waals surface area (Å²) in [5.41, 5.74) is 4.62. The van der Waals surface area contributed by atoms with Crippen molar-refractivity contribution in [2.45, 2.75) is 18.6 Å². The van der Waals surface area contributed by atoms with Crippen LogP contribution in [0.2, 0.25) is 0 Å². The predicted octanol–water partition coefficient (Wildman–Crippen LogP) is 2.63. The highest BCUT2D eigenvalue weighted by Gasteiger charge is 2.37. The van der Waals surface area contributed by atoms with E-state index in [0.717, 1.165) is 0 Å². The van der Waals surface area contributed by atoms with Gasteiger partial charge in [-0.1, -0.05) is 6.07 Å². The summed E-state index contributed by atoms with van der Waals surface area (Å²) in [4.78, 5) is 0. The molecule has 1 aliphatic rings. The fourth-order valence-corrected chi connectivity index (χ4v) is 1.67. The van der Waals surface area contributed by atoms with Gasteiger partial charge < -0.3 is 10.5 Å². The number of halogens is 4. The molecule has 0 bridgehead atoms. The SMILES string of the molecule is N[C@H]1CCOc2c1ccc(C(F)(F)F)c2F. The molecule has 2 nitrogen and oxygen atoms in total. The Balaban J connectivity index is 2.55. The second-order valence-corrected chi connectivity index (χ2v) is 3.59. The van der Waals surface area contributed by atoms with Crippen molar-refractivity contribution in [3.05, 3.63) is 29.1 Å². The first-order valence-electron chi connectivity index (χ1n) is 4.69. The third-order valence-corrected chi connectivity index (χ3v) is 2.51.